The van der Waals surface area contributed by atoms with Crippen LogP contribution in [0.15, 0.2) is 24.4 Å². The lowest BCUT2D eigenvalue weighted by Gasteiger charge is -2.19. The van der Waals surface area contributed by atoms with E-state index in [0.717, 1.165) is 27.9 Å². The molecule has 2 aliphatic rings. The Morgan fingerprint density at radius 3 is 2.39 bits per heavy atom. The van der Waals surface area contributed by atoms with Gasteiger partial charge in [-0.1, -0.05) is 0 Å². The lowest BCUT2D eigenvalue weighted by Crippen LogP contribution is -2.15. The number of aromatic nitrogens is 3. The number of nitrogens with zero attached hydrogens (tertiary/aromatic N) is 3. The number of ether oxygens (including phenoxy) is 2. The number of benzene rings is 1. The molecule has 5 rings (SSSR count). The first kappa shape index (κ1) is 17.5. The Morgan fingerprint density at radius 2 is 1.79 bits per heavy atom. The Kier molecular flexibility index (Phi) is 4.03. The summed E-state index contributed by atoms with van der Waals surface area (Å²) in [5.41, 5.74) is 4.19. The first-order valence-electron chi connectivity index (χ1n) is 9.87. The Hall–Kier alpha value is -2.63. The van der Waals surface area contributed by atoms with Gasteiger partial charge in [-0.25, -0.2) is 9.37 Å². The van der Waals surface area contributed by atoms with Gasteiger partial charge in [0.2, 0.25) is 0 Å². The van der Waals surface area contributed by atoms with Crippen molar-refractivity contribution in [2.75, 3.05) is 14.2 Å². The second-order valence-corrected chi connectivity index (χ2v) is 7.97. The number of fused-ring (bicyclic) bond motifs is 1. The van der Waals surface area contributed by atoms with Crippen LogP contribution in [0.3, 0.4) is 0 Å². The molecule has 2 aliphatic carbocycles. The van der Waals surface area contributed by atoms with Gasteiger partial charge in [0.15, 0.2) is 17.2 Å². The third-order valence-corrected chi connectivity index (χ3v) is 6.03. The van der Waals surface area contributed by atoms with Crippen molar-refractivity contribution >= 4 is 11.2 Å². The molecular formula is C22H24FN3O2. The van der Waals surface area contributed by atoms with E-state index in [1.807, 2.05) is 13.0 Å². The minimum Gasteiger partial charge on any atom is -0.494 e. The van der Waals surface area contributed by atoms with Crippen molar-refractivity contribution < 1.29 is 13.9 Å². The Bertz CT molecular complexity index is 1040. The van der Waals surface area contributed by atoms with E-state index < -0.39 is 0 Å². The first-order valence-corrected chi connectivity index (χ1v) is 9.87. The number of rotatable bonds is 6. The van der Waals surface area contributed by atoms with Gasteiger partial charge < -0.3 is 9.47 Å². The minimum atomic E-state index is -0.381. The van der Waals surface area contributed by atoms with Gasteiger partial charge in [0.05, 0.1) is 14.2 Å². The summed E-state index contributed by atoms with van der Waals surface area (Å²) in [7, 11) is 3.14. The van der Waals surface area contributed by atoms with E-state index in [1.165, 1.54) is 38.9 Å². The van der Waals surface area contributed by atoms with Crippen LogP contribution in [0, 0.1) is 24.6 Å². The van der Waals surface area contributed by atoms with Crippen molar-refractivity contribution in [1.82, 2.24) is 14.5 Å². The van der Waals surface area contributed by atoms with Crippen molar-refractivity contribution in [1.29, 1.82) is 0 Å². The minimum absolute atomic E-state index is 0.247. The Morgan fingerprint density at radius 1 is 1.07 bits per heavy atom. The van der Waals surface area contributed by atoms with Crippen molar-refractivity contribution in [3.8, 4) is 22.9 Å². The molecule has 0 bridgehead atoms. The van der Waals surface area contributed by atoms with Crippen LogP contribution in [-0.4, -0.2) is 28.8 Å². The standard InChI is InChI=1S/C22H24FN3O2/c1-12-10-18(27-2)17(23)11-16(12)15-8-9-24-21-19(15)25-22(28-3)26(21)20(13-4-5-13)14-6-7-14/h8-11,13-14,20H,4-7H2,1-3H3. The molecule has 2 fully saturated rings. The molecular weight excluding hydrogens is 357 g/mol. The van der Waals surface area contributed by atoms with Gasteiger partial charge in [-0.15, -0.1) is 0 Å². The molecule has 146 valence electrons. The SMILES string of the molecule is COc1cc(C)c(-c2ccnc3c2nc(OC)n3C(C2CC2)C2CC2)cc1F. The fourth-order valence-electron chi connectivity index (χ4n) is 4.38. The molecule has 0 spiro atoms. The summed E-state index contributed by atoms with van der Waals surface area (Å²) < 4.78 is 27.4. The smallest absolute Gasteiger partial charge is 0.298 e. The largest absolute Gasteiger partial charge is 0.494 e. The van der Waals surface area contributed by atoms with Gasteiger partial charge in [-0.3, -0.25) is 4.57 Å². The maximum absolute atomic E-state index is 14.4. The molecule has 6 heteroatoms. The molecule has 2 saturated carbocycles. The average molecular weight is 381 g/mol. The van der Waals surface area contributed by atoms with Gasteiger partial charge in [0.1, 0.15) is 5.52 Å². The zero-order chi connectivity index (χ0) is 19.4. The van der Waals surface area contributed by atoms with Crippen LogP contribution >= 0.6 is 0 Å². The monoisotopic (exact) mass is 381 g/mol. The molecule has 28 heavy (non-hydrogen) atoms. The predicted molar refractivity (Wildman–Crippen MR) is 105 cm³/mol. The van der Waals surface area contributed by atoms with E-state index in [1.54, 1.807) is 19.4 Å². The number of hydrogen-bond donors (Lipinski definition) is 0. The van der Waals surface area contributed by atoms with E-state index in [0.29, 0.717) is 23.9 Å². The zero-order valence-electron chi connectivity index (χ0n) is 16.4. The molecule has 0 aliphatic heterocycles. The second-order valence-electron chi connectivity index (χ2n) is 7.97. The highest BCUT2D eigenvalue weighted by atomic mass is 19.1. The van der Waals surface area contributed by atoms with Gasteiger partial charge in [-0.2, -0.15) is 4.98 Å². The number of pyridine rings is 1. The highest BCUT2D eigenvalue weighted by Crippen LogP contribution is 2.54. The highest BCUT2D eigenvalue weighted by molar-refractivity contribution is 5.91. The fourth-order valence-corrected chi connectivity index (χ4v) is 4.38. The summed E-state index contributed by atoms with van der Waals surface area (Å²) in [5, 5.41) is 0. The molecule has 1 aromatic carbocycles. The predicted octanol–water partition coefficient (Wildman–Crippen LogP) is 4.92. The van der Waals surface area contributed by atoms with Gasteiger partial charge in [0, 0.05) is 17.8 Å². The summed E-state index contributed by atoms with van der Waals surface area (Å²) >= 11 is 0. The van der Waals surface area contributed by atoms with Crippen LogP contribution in [0.2, 0.25) is 0 Å². The summed E-state index contributed by atoms with van der Waals surface area (Å²) in [4.78, 5) is 9.45. The lowest BCUT2D eigenvalue weighted by atomic mass is 10.00. The number of halogens is 1. The van der Waals surface area contributed by atoms with Crippen LogP contribution < -0.4 is 9.47 Å². The van der Waals surface area contributed by atoms with E-state index in [4.69, 9.17) is 14.5 Å². The molecule has 0 saturated heterocycles. The lowest BCUT2D eigenvalue weighted by molar-refractivity contribution is 0.310. The zero-order valence-corrected chi connectivity index (χ0v) is 16.4. The van der Waals surface area contributed by atoms with Gasteiger partial charge >= 0.3 is 0 Å². The van der Waals surface area contributed by atoms with Crippen LogP contribution in [0.5, 0.6) is 11.8 Å². The van der Waals surface area contributed by atoms with E-state index in [9.17, 15) is 4.39 Å². The molecule has 0 atom stereocenters. The molecule has 0 N–H and O–H groups in total. The van der Waals surface area contributed by atoms with E-state index in [-0.39, 0.29) is 11.6 Å². The number of aryl methyl sites for hydroxylation is 1. The van der Waals surface area contributed by atoms with Crippen LogP contribution in [-0.2, 0) is 0 Å². The molecule has 5 nitrogen and oxygen atoms in total. The van der Waals surface area contributed by atoms with Crippen LogP contribution in [0.4, 0.5) is 4.39 Å². The second kappa shape index (κ2) is 6.47. The van der Waals surface area contributed by atoms with Gasteiger partial charge in [-0.05, 0) is 73.8 Å². The van der Waals surface area contributed by atoms with Crippen LogP contribution in [0.25, 0.3) is 22.3 Å². The fraction of sp³-hybridized carbons (Fsp3) is 0.455. The summed E-state index contributed by atoms with van der Waals surface area (Å²) in [6.07, 6.45) is 6.81. The van der Waals surface area contributed by atoms with Crippen LogP contribution in [0.1, 0.15) is 37.3 Å². The molecule has 0 amide bonds. The average Bonchev–Trinajstić information content (AvgIpc) is 3.62. The third-order valence-electron chi connectivity index (χ3n) is 6.03. The molecule has 0 radical (unpaired) electrons. The van der Waals surface area contributed by atoms with Crippen molar-refractivity contribution in [2.45, 2.75) is 38.6 Å². The third kappa shape index (κ3) is 2.74. The van der Waals surface area contributed by atoms with E-state index in [2.05, 4.69) is 9.55 Å². The topological polar surface area (TPSA) is 49.2 Å². The van der Waals surface area contributed by atoms with E-state index >= 15 is 0 Å². The Labute approximate surface area is 163 Å². The van der Waals surface area contributed by atoms with Crippen molar-refractivity contribution in [3.05, 3.63) is 35.8 Å². The maximum Gasteiger partial charge on any atom is 0.298 e. The summed E-state index contributed by atoms with van der Waals surface area (Å²) in [5.74, 6) is 1.24. The normalized spacial score (nSPS) is 16.8. The molecule has 0 unspecified atom stereocenters. The highest BCUT2D eigenvalue weighted by Gasteiger charge is 2.44. The summed E-state index contributed by atoms with van der Waals surface area (Å²) in [6.45, 7) is 1.95. The molecule has 2 aromatic heterocycles. The number of methoxy groups -OCH3 is 2. The Balaban J connectivity index is 1.71. The maximum atomic E-state index is 14.4. The number of imidazole rings is 1. The summed E-state index contributed by atoms with van der Waals surface area (Å²) in [6, 6.07) is 6.15. The van der Waals surface area contributed by atoms with Gasteiger partial charge in [0.25, 0.3) is 6.01 Å². The van der Waals surface area contributed by atoms with Crippen molar-refractivity contribution in [2.24, 2.45) is 11.8 Å². The molecule has 3 aromatic rings. The van der Waals surface area contributed by atoms with Crippen molar-refractivity contribution in [3.63, 3.8) is 0 Å². The molecule has 2 heterocycles. The number of hydrogen-bond acceptors (Lipinski definition) is 4. The first-order chi connectivity index (χ1) is 13.6. The quantitative estimate of drug-likeness (QED) is 0.608.